The molecule has 5 atom stereocenters. The summed E-state index contributed by atoms with van der Waals surface area (Å²) in [6, 6.07) is 13.2. The number of nitrogens with zero attached hydrogens (tertiary/aromatic N) is 2. The van der Waals surface area contributed by atoms with Gasteiger partial charge in [0.15, 0.2) is 0 Å². The zero-order chi connectivity index (χ0) is 26.4. The summed E-state index contributed by atoms with van der Waals surface area (Å²) in [6.07, 6.45) is 7.09. The molecule has 6 heteroatoms. The van der Waals surface area contributed by atoms with Crippen molar-refractivity contribution in [3.8, 4) is 0 Å². The number of carbonyl (C=O) groups excluding carboxylic acids is 1. The molecule has 2 aromatic carbocycles. The predicted octanol–water partition coefficient (Wildman–Crippen LogP) is 5.99. The van der Waals surface area contributed by atoms with Gasteiger partial charge in [0.2, 0.25) is 0 Å². The van der Waals surface area contributed by atoms with Crippen LogP contribution in [0.25, 0.3) is 0 Å². The first kappa shape index (κ1) is 25.7. The Morgan fingerprint density at radius 2 is 1.58 bits per heavy atom. The van der Waals surface area contributed by atoms with E-state index < -0.39 is 0 Å². The van der Waals surface area contributed by atoms with E-state index in [9.17, 15) is 13.6 Å². The lowest BCUT2D eigenvalue weighted by Crippen LogP contribution is -2.50. The highest BCUT2D eigenvalue weighted by molar-refractivity contribution is 5.76. The summed E-state index contributed by atoms with van der Waals surface area (Å²) in [6.45, 7) is 8.73. The maximum Gasteiger partial charge on any atom is 0.311 e. The summed E-state index contributed by atoms with van der Waals surface area (Å²) in [5.41, 5.74) is 3.72. The fourth-order valence-electron chi connectivity index (χ4n) is 7.65. The summed E-state index contributed by atoms with van der Waals surface area (Å²) in [5.74, 6) is 0.0878. The van der Waals surface area contributed by atoms with Crippen molar-refractivity contribution in [1.82, 2.24) is 9.80 Å². The number of halogens is 2. The molecular weight excluding hydrogens is 482 g/mol. The van der Waals surface area contributed by atoms with Crippen molar-refractivity contribution in [3.63, 3.8) is 0 Å². The number of hydrogen-bond acceptors (Lipinski definition) is 4. The van der Waals surface area contributed by atoms with Gasteiger partial charge in [0, 0.05) is 38.6 Å². The molecule has 2 aliphatic carbocycles. The number of fused-ring (bicyclic) bond motifs is 2. The van der Waals surface area contributed by atoms with Crippen molar-refractivity contribution in [2.45, 2.75) is 51.7 Å². The van der Waals surface area contributed by atoms with Gasteiger partial charge in [0.1, 0.15) is 17.7 Å². The molecule has 1 saturated carbocycles. The molecule has 0 N–H and O–H groups in total. The fraction of sp³-hybridized carbons (Fsp3) is 0.531. The third-order valence-electron chi connectivity index (χ3n) is 9.68. The van der Waals surface area contributed by atoms with Gasteiger partial charge >= 0.3 is 5.97 Å². The van der Waals surface area contributed by atoms with Crippen molar-refractivity contribution in [3.05, 3.63) is 82.9 Å². The summed E-state index contributed by atoms with van der Waals surface area (Å²) >= 11 is 0. The summed E-state index contributed by atoms with van der Waals surface area (Å²) in [5, 5.41) is 0. The number of allylic oxidation sites excluding steroid dienone is 1. The summed E-state index contributed by atoms with van der Waals surface area (Å²) in [4.78, 5) is 17.8. The number of rotatable bonds is 5. The number of piperazine rings is 1. The van der Waals surface area contributed by atoms with Gasteiger partial charge in [-0.2, -0.15) is 0 Å². The molecule has 0 amide bonds. The molecule has 202 valence electrons. The smallest absolute Gasteiger partial charge is 0.311 e. The molecule has 0 aromatic heterocycles. The third kappa shape index (κ3) is 4.82. The fourth-order valence-corrected chi connectivity index (χ4v) is 7.65. The van der Waals surface area contributed by atoms with Gasteiger partial charge in [-0.3, -0.25) is 14.6 Å². The first-order valence-electron chi connectivity index (χ1n) is 14.2. The summed E-state index contributed by atoms with van der Waals surface area (Å²) in [7, 11) is 0. The van der Waals surface area contributed by atoms with Crippen molar-refractivity contribution < 1.29 is 18.3 Å². The molecule has 0 bridgehead atoms. The van der Waals surface area contributed by atoms with E-state index in [-0.39, 0.29) is 47.0 Å². The van der Waals surface area contributed by atoms with Gasteiger partial charge in [-0.15, -0.1) is 0 Å². The highest BCUT2D eigenvalue weighted by Crippen LogP contribution is 2.54. The maximum atomic E-state index is 13.7. The van der Waals surface area contributed by atoms with Crippen LogP contribution >= 0.6 is 0 Å². The zero-order valence-corrected chi connectivity index (χ0v) is 22.4. The van der Waals surface area contributed by atoms with Crippen LogP contribution in [0.1, 0.15) is 56.7 Å². The predicted molar refractivity (Wildman–Crippen MR) is 143 cm³/mol. The van der Waals surface area contributed by atoms with Gasteiger partial charge < -0.3 is 4.74 Å². The number of hydrogen-bond donors (Lipinski definition) is 0. The zero-order valence-electron chi connectivity index (χ0n) is 22.4. The van der Waals surface area contributed by atoms with Crippen LogP contribution in [0.3, 0.4) is 0 Å². The lowest BCUT2D eigenvalue weighted by atomic mass is 9.59. The largest absolute Gasteiger partial charge is 0.461 e. The minimum absolute atomic E-state index is 0.00849. The molecule has 4 aliphatic rings. The maximum absolute atomic E-state index is 13.7. The first-order chi connectivity index (χ1) is 18.3. The molecular formula is C32H38F2N2O2. The summed E-state index contributed by atoms with van der Waals surface area (Å²) < 4.78 is 33.3. The van der Waals surface area contributed by atoms with Crippen LogP contribution in [0.2, 0.25) is 0 Å². The highest BCUT2D eigenvalue weighted by Gasteiger charge is 2.52. The molecule has 3 fully saturated rings. The van der Waals surface area contributed by atoms with Crippen molar-refractivity contribution in [1.29, 1.82) is 0 Å². The second kappa shape index (κ2) is 10.2. The van der Waals surface area contributed by atoms with E-state index in [0.717, 1.165) is 50.3 Å². The number of carbonyl (C=O) groups is 1. The average Bonchev–Trinajstić information content (AvgIpc) is 3.19. The van der Waals surface area contributed by atoms with E-state index in [0.29, 0.717) is 5.92 Å². The van der Waals surface area contributed by atoms with Gasteiger partial charge in [-0.25, -0.2) is 8.78 Å². The number of ether oxygens (including phenoxy) is 1. The van der Waals surface area contributed by atoms with Gasteiger partial charge in [-0.1, -0.05) is 56.2 Å². The van der Waals surface area contributed by atoms with Gasteiger partial charge in [0.05, 0.1) is 12.0 Å². The van der Waals surface area contributed by atoms with Crippen LogP contribution in [0.4, 0.5) is 8.78 Å². The van der Waals surface area contributed by atoms with Crippen LogP contribution in [-0.2, 0) is 9.53 Å². The lowest BCUT2D eigenvalue weighted by Gasteiger charge is -2.46. The van der Waals surface area contributed by atoms with Crippen molar-refractivity contribution in [2.24, 2.45) is 23.2 Å². The molecule has 0 spiro atoms. The molecule has 2 aliphatic heterocycles. The molecule has 38 heavy (non-hydrogen) atoms. The molecule has 0 unspecified atom stereocenters. The van der Waals surface area contributed by atoms with Crippen LogP contribution in [0.5, 0.6) is 0 Å². The normalized spacial score (nSPS) is 32.0. The highest BCUT2D eigenvalue weighted by atomic mass is 19.1. The van der Waals surface area contributed by atoms with Crippen molar-refractivity contribution in [2.75, 3.05) is 32.7 Å². The number of benzene rings is 2. The van der Waals surface area contributed by atoms with E-state index >= 15 is 0 Å². The van der Waals surface area contributed by atoms with Crippen molar-refractivity contribution >= 4 is 5.97 Å². The molecule has 0 radical (unpaired) electrons. The molecule has 2 aromatic rings. The Labute approximate surface area is 224 Å². The first-order valence-corrected chi connectivity index (χ1v) is 14.2. The average molecular weight is 521 g/mol. The van der Waals surface area contributed by atoms with Crippen LogP contribution in [0.15, 0.2) is 60.2 Å². The van der Waals surface area contributed by atoms with E-state index in [2.05, 4.69) is 29.7 Å². The topological polar surface area (TPSA) is 32.8 Å². The second-order valence-electron chi connectivity index (χ2n) is 12.2. The molecule has 4 nitrogen and oxygen atoms in total. The lowest BCUT2D eigenvalue weighted by molar-refractivity contribution is -0.145. The minimum atomic E-state index is -0.265. The van der Waals surface area contributed by atoms with E-state index in [1.165, 1.54) is 43.5 Å². The van der Waals surface area contributed by atoms with E-state index in [1.54, 1.807) is 5.57 Å². The van der Waals surface area contributed by atoms with Crippen LogP contribution in [-0.4, -0.2) is 54.6 Å². The van der Waals surface area contributed by atoms with Gasteiger partial charge in [0.25, 0.3) is 0 Å². The van der Waals surface area contributed by atoms with Crippen LogP contribution < -0.4 is 0 Å². The Morgan fingerprint density at radius 1 is 0.974 bits per heavy atom. The Morgan fingerprint density at radius 3 is 2.18 bits per heavy atom. The molecule has 2 heterocycles. The quantitative estimate of drug-likeness (QED) is 0.358. The third-order valence-corrected chi connectivity index (χ3v) is 9.68. The van der Waals surface area contributed by atoms with Gasteiger partial charge in [-0.05, 0) is 66.0 Å². The second-order valence-corrected chi connectivity index (χ2v) is 12.2. The standard InChI is InChI=1S/C32H38F2N2O2/c1-21-4-3-13-32(2)19-29-26(18-28(21)32)27(31(37)38-29)20-35-14-16-36(17-15-35)30(22-5-9-24(33)10-6-22)23-7-11-25(34)12-8-23/h5-12,18,21,26-27,29-30H,3-4,13-17,19-20H2,1-2H3/t21-,26+,27+,29+,32+/m0/s1. The Balaban J connectivity index is 1.16. The monoisotopic (exact) mass is 520 g/mol. The van der Waals surface area contributed by atoms with E-state index in [4.69, 9.17) is 4.74 Å². The Kier molecular flexibility index (Phi) is 6.89. The Hall–Kier alpha value is -2.57. The Bertz CT molecular complexity index is 1140. The number of esters is 1. The minimum Gasteiger partial charge on any atom is -0.461 e. The SMILES string of the molecule is C[C@H]1CCC[C@]2(C)C[C@H]3OC(=O)[C@H](CN4CCN(C(c5ccc(F)cc5)c5ccc(F)cc5)CC4)[C@H]3C=C12. The van der Waals surface area contributed by atoms with E-state index in [1.807, 2.05) is 24.3 Å². The van der Waals surface area contributed by atoms with Crippen LogP contribution in [0, 0.1) is 34.8 Å². The molecule has 2 saturated heterocycles. The molecule has 6 rings (SSSR count).